The number of hydrogen-bond acceptors (Lipinski definition) is 8. The van der Waals surface area contributed by atoms with Crippen LogP contribution in [0.15, 0.2) is 30.6 Å². The van der Waals surface area contributed by atoms with Crippen LogP contribution in [0.1, 0.15) is 23.4 Å². The summed E-state index contributed by atoms with van der Waals surface area (Å²) in [6, 6.07) is 6.37. The smallest absolute Gasteiger partial charge is 0.269 e. The lowest BCUT2D eigenvalue weighted by molar-refractivity contribution is -0.384. The lowest BCUT2D eigenvalue weighted by Gasteiger charge is -2.38. The highest BCUT2D eigenvalue weighted by molar-refractivity contribution is 7.17. The molecule has 3 heterocycles. The molecule has 1 aliphatic heterocycles. The van der Waals surface area contributed by atoms with Crippen LogP contribution in [0.5, 0.6) is 5.88 Å². The van der Waals surface area contributed by atoms with Gasteiger partial charge in [-0.25, -0.2) is 4.98 Å². The van der Waals surface area contributed by atoms with Crippen LogP contribution in [0.4, 0.5) is 5.69 Å². The van der Waals surface area contributed by atoms with Crippen molar-refractivity contribution in [1.29, 1.82) is 0 Å². The molecule has 10 heteroatoms. The average molecular weight is 388 g/mol. The maximum absolute atomic E-state index is 11.0. The Balaban J connectivity index is 1.74. The number of thiazole rings is 1. The number of nitro benzene ring substituents is 1. The predicted octanol–water partition coefficient (Wildman–Crippen LogP) is 2.13. The zero-order chi connectivity index (χ0) is 19.0. The standard InChI is InChI=1S/C17H20N6O3S/c1-2-20-7-9-21(10-8-20)14(12-3-5-13(6-4-12)23(25)26)15-16(24)22-17(27-15)18-11-19-22/h3-6,11,14,24H,2,7-10H2,1H3. The summed E-state index contributed by atoms with van der Waals surface area (Å²) < 4.78 is 1.43. The van der Waals surface area contributed by atoms with Crippen molar-refractivity contribution in [2.45, 2.75) is 13.0 Å². The molecule has 1 unspecified atom stereocenters. The van der Waals surface area contributed by atoms with E-state index >= 15 is 0 Å². The van der Waals surface area contributed by atoms with E-state index in [2.05, 4.69) is 26.8 Å². The normalized spacial score (nSPS) is 17.4. The van der Waals surface area contributed by atoms with E-state index in [1.165, 1.54) is 34.3 Å². The molecular weight excluding hydrogens is 368 g/mol. The van der Waals surface area contributed by atoms with Gasteiger partial charge in [0.1, 0.15) is 6.33 Å². The number of rotatable bonds is 5. The molecule has 4 rings (SSSR count). The average Bonchev–Trinajstić information content (AvgIpc) is 3.27. The second-order valence-corrected chi connectivity index (χ2v) is 7.47. The lowest BCUT2D eigenvalue weighted by Crippen LogP contribution is -2.47. The molecule has 0 radical (unpaired) electrons. The van der Waals surface area contributed by atoms with Crippen LogP contribution in [0, 0.1) is 10.1 Å². The minimum atomic E-state index is -0.403. The fourth-order valence-electron chi connectivity index (χ4n) is 3.52. The zero-order valence-electron chi connectivity index (χ0n) is 14.9. The van der Waals surface area contributed by atoms with Gasteiger partial charge in [-0.3, -0.25) is 15.0 Å². The second-order valence-electron chi connectivity index (χ2n) is 6.47. The molecule has 27 heavy (non-hydrogen) atoms. The molecule has 0 aliphatic carbocycles. The Bertz CT molecular complexity index is 945. The highest BCUT2D eigenvalue weighted by atomic mass is 32.1. The van der Waals surface area contributed by atoms with Gasteiger partial charge < -0.3 is 10.0 Å². The molecule has 1 fully saturated rings. The van der Waals surface area contributed by atoms with Crippen LogP contribution < -0.4 is 0 Å². The molecule has 1 N–H and O–H groups in total. The first-order chi connectivity index (χ1) is 13.1. The Morgan fingerprint density at radius 1 is 1.26 bits per heavy atom. The van der Waals surface area contributed by atoms with Crippen LogP contribution in [-0.4, -0.2) is 67.2 Å². The molecule has 1 aliphatic rings. The predicted molar refractivity (Wildman–Crippen MR) is 101 cm³/mol. The summed E-state index contributed by atoms with van der Waals surface area (Å²) in [6.07, 6.45) is 1.41. The van der Waals surface area contributed by atoms with Gasteiger partial charge in [-0.1, -0.05) is 30.4 Å². The second kappa shape index (κ2) is 7.22. The third-order valence-corrected chi connectivity index (χ3v) is 6.11. The molecule has 2 aromatic heterocycles. The number of benzene rings is 1. The third-order valence-electron chi connectivity index (χ3n) is 5.03. The molecule has 0 spiro atoms. The topological polar surface area (TPSA) is 100 Å². The molecule has 3 aromatic rings. The van der Waals surface area contributed by atoms with Gasteiger partial charge in [0.25, 0.3) is 5.69 Å². The minimum Gasteiger partial charge on any atom is -0.492 e. The Hall–Kier alpha value is -2.56. The number of aromatic nitrogens is 3. The summed E-state index contributed by atoms with van der Waals surface area (Å²) in [5, 5.41) is 25.8. The molecular formula is C17H20N6O3S. The van der Waals surface area contributed by atoms with Gasteiger partial charge in [0.15, 0.2) is 0 Å². The molecule has 1 saturated heterocycles. The van der Waals surface area contributed by atoms with Crippen molar-refractivity contribution in [2.75, 3.05) is 32.7 Å². The highest BCUT2D eigenvalue weighted by Gasteiger charge is 2.31. The monoisotopic (exact) mass is 388 g/mol. The van der Waals surface area contributed by atoms with Crippen LogP contribution in [0.25, 0.3) is 4.96 Å². The maximum atomic E-state index is 11.0. The van der Waals surface area contributed by atoms with Crippen LogP contribution in [0.2, 0.25) is 0 Å². The van der Waals surface area contributed by atoms with E-state index in [1.807, 2.05) is 0 Å². The van der Waals surface area contributed by atoms with Gasteiger partial charge in [-0.15, -0.1) is 0 Å². The number of nitro groups is 1. The fourth-order valence-corrected chi connectivity index (χ4v) is 4.61. The number of likely N-dealkylation sites (N-methyl/N-ethyl adjacent to an activating group) is 1. The summed E-state index contributed by atoms with van der Waals surface area (Å²) in [5.41, 5.74) is 0.963. The van der Waals surface area contributed by atoms with E-state index in [9.17, 15) is 15.2 Å². The van der Waals surface area contributed by atoms with Gasteiger partial charge >= 0.3 is 0 Å². The number of nitrogens with zero attached hydrogens (tertiary/aromatic N) is 6. The summed E-state index contributed by atoms with van der Waals surface area (Å²) in [5.74, 6) is 0.0776. The number of fused-ring (bicyclic) bond motifs is 1. The van der Waals surface area contributed by atoms with E-state index < -0.39 is 4.92 Å². The van der Waals surface area contributed by atoms with Crippen molar-refractivity contribution < 1.29 is 10.0 Å². The lowest BCUT2D eigenvalue weighted by atomic mass is 10.0. The van der Waals surface area contributed by atoms with Crippen molar-refractivity contribution >= 4 is 22.0 Å². The van der Waals surface area contributed by atoms with E-state index in [0.717, 1.165) is 43.2 Å². The minimum absolute atomic E-state index is 0.0557. The largest absolute Gasteiger partial charge is 0.492 e. The molecule has 9 nitrogen and oxygen atoms in total. The Morgan fingerprint density at radius 3 is 2.56 bits per heavy atom. The Kier molecular flexibility index (Phi) is 4.77. The van der Waals surface area contributed by atoms with Gasteiger partial charge in [0.05, 0.1) is 15.8 Å². The molecule has 0 saturated carbocycles. The van der Waals surface area contributed by atoms with Gasteiger partial charge in [0.2, 0.25) is 10.8 Å². The highest BCUT2D eigenvalue weighted by Crippen LogP contribution is 2.40. The first-order valence-corrected chi connectivity index (χ1v) is 9.62. The molecule has 142 valence electrons. The van der Waals surface area contributed by atoms with Gasteiger partial charge in [-0.05, 0) is 12.1 Å². The first-order valence-electron chi connectivity index (χ1n) is 8.80. The third kappa shape index (κ3) is 3.27. The van der Waals surface area contributed by atoms with E-state index in [0.29, 0.717) is 4.96 Å². The summed E-state index contributed by atoms with van der Waals surface area (Å²) in [6.45, 7) is 6.75. The zero-order valence-corrected chi connectivity index (χ0v) is 15.7. The quantitative estimate of drug-likeness (QED) is 0.528. The van der Waals surface area contributed by atoms with Crippen molar-refractivity contribution in [3.63, 3.8) is 0 Å². The maximum Gasteiger partial charge on any atom is 0.269 e. The van der Waals surface area contributed by atoms with Gasteiger partial charge in [0, 0.05) is 38.3 Å². The first kappa shape index (κ1) is 17.8. The number of aromatic hydroxyl groups is 1. The molecule has 1 atom stereocenters. The van der Waals surface area contributed by atoms with E-state index in [1.54, 1.807) is 12.1 Å². The van der Waals surface area contributed by atoms with Crippen molar-refractivity contribution in [2.24, 2.45) is 0 Å². The number of hydrogen-bond donors (Lipinski definition) is 1. The van der Waals surface area contributed by atoms with E-state index in [4.69, 9.17) is 0 Å². The fraction of sp³-hybridized carbons (Fsp3) is 0.412. The molecule has 0 amide bonds. The van der Waals surface area contributed by atoms with Crippen molar-refractivity contribution in [3.05, 3.63) is 51.1 Å². The van der Waals surface area contributed by atoms with Crippen molar-refractivity contribution in [3.8, 4) is 5.88 Å². The van der Waals surface area contributed by atoms with Crippen LogP contribution >= 0.6 is 11.3 Å². The summed E-state index contributed by atoms with van der Waals surface area (Å²) in [4.78, 5) is 20.8. The van der Waals surface area contributed by atoms with E-state index in [-0.39, 0.29) is 17.6 Å². The SMILES string of the molecule is CCN1CCN(C(c2ccc([N+](=O)[O-])cc2)c2sc3ncnn3c2O)CC1. The van der Waals surface area contributed by atoms with Crippen LogP contribution in [-0.2, 0) is 0 Å². The number of piperazine rings is 1. The summed E-state index contributed by atoms with van der Waals surface area (Å²) >= 11 is 1.39. The van der Waals surface area contributed by atoms with Crippen LogP contribution in [0.3, 0.4) is 0 Å². The number of non-ortho nitro benzene ring substituents is 1. The molecule has 0 bridgehead atoms. The Morgan fingerprint density at radius 2 is 1.96 bits per heavy atom. The Labute approximate surface area is 159 Å². The molecule has 1 aromatic carbocycles. The van der Waals surface area contributed by atoms with Crippen molar-refractivity contribution in [1.82, 2.24) is 24.4 Å². The summed E-state index contributed by atoms with van der Waals surface area (Å²) in [7, 11) is 0. The van der Waals surface area contributed by atoms with Gasteiger partial charge in [-0.2, -0.15) is 9.61 Å².